The summed E-state index contributed by atoms with van der Waals surface area (Å²) in [6.07, 6.45) is -0.0230. The lowest BCUT2D eigenvalue weighted by Gasteiger charge is -2.19. The number of carbonyl (C=O) groups excluding carboxylic acids is 2. The van der Waals surface area contributed by atoms with Crippen LogP contribution >= 0.6 is 0 Å². The predicted molar refractivity (Wildman–Crippen MR) is 113 cm³/mol. The topological polar surface area (TPSA) is 74.3 Å². The molecule has 0 N–H and O–H groups in total. The molecule has 7 heteroatoms. The molecular weight excluding hydrogens is 386 g/mol. The number of amides is 1. The minimum atomic E-state index is -0.516. The van der Waals surface area contributed by atoms with Gasteiger partial charge in [0.15, 0.2) is 18.1 Å². The number of benzene rings is 2. The van der Waals surface area contributed by atoms with E-state index in [1.807, 2.05) is 26.0 Å². The first kappa shape index (κ1) is 23.1. The smallest absolute Gasteiger partial charge is 0.310 e. The number of methoxy groups -OCH3 is 3. The van der Waals surface area contributed by atoms with Gasteiger partial charge in [-0.2, -0.15) is 0 Å². The van der Waals surface area contributed by atoms with Crippen molar-refractivity contribution in [2.75, 3.05) is 35.0 Å². The van der Waals surface area contributed by atoms with Crippen molar-refractivity contribution in [1.82, 2.24) is 4.90 Å². The fourth-order valence-corrected chi connectivity index (χ4v) is 3.07. The summed E-state index contributed by atoms with van der Waals surface area (Å²) in [6.45, 7) is 4.18. The maximum Gasteiger partial charge on any atom is 0.310 e. The molecule has 0 saturated carbocycles. The highest BCUT2D eigenvalue weighted by molar-refractivity contribution is 5.81. The third-order valence-electron chi connectivity index (χ3n) is 4.76. The number of hydrogen-bond acceptors (Lipinski definition) is 6. The summed E-state index contributed by atoms with van der Waals surface area (Å²) in [7, 11) is 6.20. The fraction of sp³-hybridized carbons (Fsp3) is 0.391. The van der Waals surface area contributed by atoms with E-state index in [9.17, 15) is 9.59 Å². The van der Waals surface area contributed by atoms with Gasteiger partial charge in [-0.1, -0.05) is 23.8 Å². The molecule has 30 heavy (non-hydrogen) atoms. The number of esters is 1. The third-order valence-corrected chi connectivity index (χ3v) is 4.76. The first-order valence-electron chi connectivity index (χ1n) is 9.53. The third kappa shape index (κ3) is 5.89. The van der Waals surface area contributed by atoms with Gasteiger partial charge in [-0.25, -0.2) is 0 Å². The number of likely N-dealkylation sites (N-methyl/N-ethyl adjacent to an activating group) is 1. The summed E-state index contributed by atoms with van der Waals surface area (Å²) >= 11 is 0. The van der Waals surface area contributed by atoms with E-state index in [0.717, 1.165) is 11.1 Å². The molecule has 162 valence electrons. The van der Waals surface area contributed by atoms with Crippen LogP contribution in [0, 0.1) is 13.8 Å². The summed E-state index contributed by atoms with van der Waals surface area (Å²) in [6, 6.07) is 9.45. The summed E-state index contributed by atoms with van der Waals surface area (Å²) in [5.41, 5.74) is 3.98. The average molecular weight is 415 g/mol. The number of hydrogen-bond donors (Lipinski definition) is 0. The van der Waals surface area contributed by atoms with Gasteiger partial charge in [-0.05, 0) is 42.7 Å². The Morgan fingerprint density at radius 3 is 2.10 bits per heavy atom. The number of ether oxygens (including phenoxy) is 4. The first-order chi connectivity index (χ1) is 14.3. The van der Waals surface area contributed by atoms with Crippen molar-refractivity contribution in [2.45, 2.75) is 26.8 Å². The lowest BCUT2D eigenvalue weighted by molar-refractivity contribution is -0.151. The second-order valence-corrected chi connectivity index (χ2v) is 7.05. The molecule has 0 heterocycles. The predicted octanol–water partition coefficient (Wildman–Crippen LogP) is 3.07. The van der Waals surface area contributed by atoms with Crippen molar-refractivity contribution in [2.24, 2.45) is 0 Å². The number of aryl methyl sites for hydroxylation is 2. The van der Waals surface area contributed by atoms with Crippen LogP contribution < -0.4 is 14.2 Å². The molecule has 1 amide bonds. The van der Waals surface area contributed by atoms with Crippen LogP contribution in [0.25, 0.3) is 0 Å². The summed E-state index contributed by atoms with van der Waals surface area (Å²) < 4.78 is 21.0. The lowest BCUT2D eigenvalue weighted by Crippen LogP contribution is -2.31. The van der Waals surface area contributed by atoms with Crippen LogP contribution in [0.1, 0.15) is 22.3 Å². The molecule has 0 unspecified atom stereocenters. The zero-order valence-corrected chi connectivity index (χ0v) is 18.4. The second-order valence-electron chi connectivity index (χ2n) is 7.05. The first-order valence-corrected chi connectivity index (χ1v) is 9.53. The largest absolute Gasteiger partial charge is 0.493 e. The Bertz CT molecular complexity index is 884. The number of rotatable bonds is 9. The summed E-state index contributed by atoms with van der Waals surface area (Å²) in [4.78, 5) is 26.1. The summed E-state index contributed by atoms with van der Waals surface area (Å²) in [5, 5.41) is 0. The minimum absolute atomic E-state index is 0.0230. The highest BCUT2D eigenvalue weighted by atomic mass is 16.5. The molecule has 2 rings (SSSR count). The van der Waals surface area contributed by atoms with E-state index in [0.29, 0.717) is 29.4 Å². The van der Waals surface area contributed by atoms with E-state index in [-0.39, 0.29) is 18.9 Å². The van der Waals surface area contributed by atoms with Crippen molar-refractivity contribution in [3.8, 4) is 17.2 Å². The van der Waals surface area contributed by atoms with Gasteiger partial charge in [0, 0.05) is 13.6 Å². The highest BCUT2D eigenvalue weighted by Gasteiger charge is 2.17. The molecule has 2 aromatic carbocycles. The molecule has 0 saturated heterocycles. The Morgan fingerprint density at radius 1 is 0.933 bits per heavy atom. The second kappa shape index (κ2) is 10.5. The zero-order chi connectivity index (χ0) is 22.3. The maximum absolute atomic E-state index is 12.4. The van der Waals surface area contributed by atoms with Crippen LogP contribution in [0.4, 0.5) is 0 Å². The van der Waals surface area contributed by atoms with Crippen LogP contribution in [-0.4, -0.2) is 51.8 Å². The van der Waals surface area contributed by atoms with Crippen LogP contribution in [0.2, 0.25) is 0 Å². The van der Waals surface area contributed by atoms with Crippen molar-refractivity contribution in [3.63, 3.8) is 0 Å². The van der Waals surface area contributed by atoms with Crippen LogP contribution in [0.15, 0.2) is 30.3 Å². The van der Waals surface area contributed by atoms with Crippen molar-refractivity contribution >= 4 is 11.9 Å². The monoisotopic (exact) mass is 415 g/mol. The maximum atomic E-state index is 12.4. The van der Waals surface area contributed by atoms with Crippen molar-refractivity contribution in [1.29, 1.82) is 0 Å². The van der Waals surface area contributed by atoms with Crippen LogP contribution in [0.3, 0.4) is 0 Å². The number of nitrogens with zero attached hydrogens (tertiary/aromatic N) is 1. The molecule has 0 aliphatic rings. The SMILES string of the molecule is COc1cc(CC(=O)OCC(=O)N(C)Cc2ccc(C)cc2C)cc(OC)c1OC. The van der Waals surface area contributed by atoms with Gasteiger partial charge in [0.05, 0.1) is 27.8 Å². The van der Waals surface area contributed by atoms with E-state index in [4.69, 9.17) is 18.9 Å². The fourth-order valence-electron chi connectivity index (χ4n) is 3.07. The highest BCUT2D eigenvalue weighted by Crippen LogP contribution is 2.38. The molecule has 0 atom stereocenters. The van der Waals surface area contributed by atoms with E-state index >= 15 is 0 Å². The van der Waals surface area contributed by atoms with E-state index < -0.39 is 5.97 Å². The molecule has 0 radical (unpaired) electrons. The Labute approximate surface area is 177 Å². The molecule has 0 bridgehead atoms. The zero-order valence-electron chi connectivity index (χ0n) is 18.4. The molecule has 0 aromatic heterocycles. The van der Waals surface area contributed by atoms with E-state index in [1.165, 1.54) is 26.9 Å². The molecule has 0 spiro atoms. The summed E-state index contributed by atoms with van der Waals surface area (Å²) in [5.74, 6) is 0.555. The Kier molecular flexibility index (Phi) is 8.09. The molecule has 7 nitrogen and oxygen atoms in total. The minimum Gasteiger partial charge on any atom is -0.493 e. The van der Waals surface area contributed by atoms with Gasteiger partial charge in [-0.3, -0.25) is 9.59 Å². The van der Waals surface area contributed by atoms with Crippen molar-refractivity contribution < 1.29 is 28.5 Å². The van der Waals surface area contributed by atoms with Crippen molar-refractivity contribution in [3.05, 3.63) is 52.6 Å². The molecular formula is C23H29NO6. The lowest BCUT2D eigenvalue weighted by atomic mass is 10.1. The molecule has 2 aromatic rings. The average Bonchev–Trinajstić information content (AvgIpc) is 2.72. The standard InChI is InChI=1S/C23H29NO6/c1-15-7-8-18(16(2)9-15)13-24(3)21(25)14-30-22(26)12-17-10-19(27-4)23(29-6)20(11-17)28-5/h7-11H,12-14H2,1-6H3. The van der Waals surface area contributed by atoms with Gasteiger partial charge in [0.25, 0.3) is 5.91 Å². The molecule has 0 fully saturated rings. The van der Waals surface area contributed by atoms with Gasteiger partial charge >= 0.3 is 5.97 Å². The quantitative estimate of drug-likeness (QED) is 0.586. The Morgan fingerprint density at radius 2 is 1.57 bits per heavy atom. The van der Waals surface area contributed by atoms with Crippen LogP contribution in [0.5, 0.6) is 17.2 Å². The van der Waals surface area contributed by atoms with Gasteiger partial charge in [-0.15, -0.1) is 0 Å². The van der Waals surface area contributed by atoms with Crippen LogP contribution in [-0.2, 0) is 27.3 Å². The van der Waals surface area contributed by atoms with Gasteiger partial charge in [0.1, 0.15) is 0 Å². The molecule has 0 aliphatic carbocycles. The normalized spacial score (nSPS) is 10.3. The number of carbonyl (C=O) groups is 2. The molecule has 0 aliphatic heterocycles. The van der Waals surface area contributed by atoms with E-state index in [2.05, 4.69) is 6.07 Å². The van der Waals surface area contributed by atoms with Gasteiger partial charge in [0.2, 0.25) is 5.75 Å². The Hall–Kier alpha value is -3.22. The van der Waals surface area contributed by atoms with E-state index in [1.54, 1.807) is 24.1 Å². The Balaban J connectivity index is 1.94. The van der Waals surface area contributed by atoms with Gasteiger partial charge < -0.3 is 23.8 Å².